The van der Waals surface area contributed by atoms with Crippen LogP contribution in [-0.2, 0) is 17.7 Å². The molecule has 0 amide bonds. The molecule has 2 N–H and O–H groups in total. The van der Waals surface area contributed by atoms with Gasteiger partial charge in [0.15, 0.2) is 5.89 Å². The summed E-state index contributed by atoms with van der Waals surface area (Å²) in [4.78, 5) is 4.45. The lowest BCUT2D eigenvalue weighted by atomic mass is 10.1. The van der Waals surface area contributed by atoms with Crippen molar-refractivity contribution >= 4 is 0 Å². The summed E-state index contributed by atoms with van der Waals surface area (Å²) < 4.78 is 10.9. The number of hydrogen-bond acceptors (Lipinski definition) is 4. The number of aromatic nitrogens is 1. The molecule has 1 unspecified atom stereocenters. The Labute approximate surface area is 83.4 Å². The van der Waals surface area contributed by atoms with Gasteiger partial charge in [0.05, 0.1) is 24.8 Å². The molecule has 2 heterocycles. The maximum absolute atomic E-state index is 5.62. The fourth-order valence-electron chi connectivity index (χ4n) is 1.74. The number of ether oxygens (including phenoxy) is 1. The highest BCUT2D eigenvalue weighted by Crippen LogP contribution is 2.26. The minimum absolute atomic E-state index is 0.334. The lowest BCUT2D eigenvalue weighted by Gasteiger charge is -1.99. The number of nitrogens with zero attached hydrogens (tertiary/aromatic N) is 1. The first-order valence-electron chi connectivity index (χ1n) is 5.11. The van der Waals surface area contributed by atoms with Crippen LogP contribution in [0.5, 0.6) is 0 Å². The van der Waals surface area contributed by atoms with Crippen molar-refractivity contribution in [2.45, 2.75) is 32.2 Å². The van der Waals surface area contributed by atoms with Gasteiger partial charge in [-0.3, -0.25) is 0 Å². The Kier molecular flexibility index (Phi) is 2.84. The Morgan fingerprint density at radius 2 is 2.43 bits per heavy atom. The van der Waals surface area contributed by atoms with Crippen molar-refractivity contribution in [1.82, 2.24) is 4.98 Å². The van der Waals surface area contributed by atoms with Gasteiger partial charge in [-0.25, -0.2) is 4.98 Å². The summed E-state index contributed by atoms with van der Waals surface area (Å²) in [5, 5.41) is 0. The summed E-state index contributed by atoms with van der Waals surface area (Å²) in [6, 6.07) is 0. The highest BCUT2D eigenvalue weighted by Gasteiger charge is 2.24. The number of nitrogens with two attached hydrogens (primary N) is 1. The van der Waals surface area contributed by atoms with Crippen LogP contribution in [0.15, 0.2) is 4.42 Å². The van der Waals surface area contributed by atoms with E-state index in [9.17, 15) is 0 Å². The molecule has 2 rings (SSSR count). The predicted octanol–water partition coefficient (Wildman–Crippen LogP) is 1.20. The molecule has 78 valence electrons. The molecule has 0 aromatic carbocycles. The number of oxazole rings is 1. The van der Waals surface area contributed by atoms with Gasteiger partial charge >= 0.3 is 0 Å². The molecule has 1 saturated heterocycles. The van der Waals surface area contributed by atoms with E-state index in [1.54, 1.807) is 0 Å². The van der Waals surface area contributed by atoms with Crippen molar-refractivity contribution in [1.29, 1.82) is 0 Å². The molecule has 0 saturated carbocycles. The first kappa shape index (κ1) is 9.68. The van der Waals surface area contributed by atoms with Crippen molar-refractivity contribution in [2.24, 2.45) is 5.73 Å². The molecule has 1 aliphatic rings. The normalized spacial score (nSPS) is 21.7. The Hall–Kier alpha value is -0.870. The average molecular weight is 196 g/mol. The van der Waals surface area contributed by atoms with Gasteiger partial charge in [-0.15, -0.1) is 0 Å². The maximum atomic E-state index is 5.62. The van der Waals surface area contributed by atoms with Crippen LogP contribution in [0.1, 0.15) is 36.6 Å². The van der Waals surface area contributed by atoms with Crippen molar-refractivity contribution in [3.63, 3.8) is 0 Å². The van der Waals surface area contributed by atoms with Crippen LogP contribution in [0.3, 0.4) is 0 Å². The monoisotopic (exact) mass is 196 g/mol. The van der Waals surface area contributed by atoms with Crippen LogP contribution < -0.4 is 5.73 Å². The average Bonchev–Trinajstić information content (AvgIpc) is 2.85. The molecule has 1 atom stereocenters. The molecule has 0 bridgehead atoms. The van der Waals surface area contributed by atoms with Gasteiger partial charge < -0.3 is 14.9 Å². The third-order valence-electron chi connectivity index (χ3n) is 2.59. The van der Waals surface area contributed by atoms with Crippen LogP contribution in [-0.4, -0.2) is 18.2 Å². The fraction of sp³-hybridized carbons (Fsp3) is 0.700. The first-order valence-corrected chi connectivity index (χ1v) is 5.11. The van der Waals surface area contributed by atoms with Crippen molar-refractivity contribution < 1.29 is 9.15 Å². The van der Waals surface area contributed by atoms with Crippen LogP contribution in [0, 0.1) is 0 Å². The second-order valence-electron chi connectivity index (χ2n) is 3.54. The quantitative estimate of drug-likeness (QED) is 0.789. The molecule has 1 aromatic heterocycles. The maximum Gasteiger partial charge on any atom is 0.200 e. The Balaban J connectivity index is 2.21. The van der Waals surface area contributed by atoms with Gasteiger partial charge in [-0.2, -0.15) is 0 Å². The Morgan fingerprint density at radius 1 is 1.57 bits per heavy atom. The van der Waals surface area contributed by atoms with Gasteiger partial charge in [0, 0.05) is 6.61 Å². The van der Waals surface area contributed by atoms with Gasteiger partial charge in [-0.05, 0) is 12.8 Å². The second-order valence-corrected chi connectivity index (χ2v) is 3.54. The standard InChI is InChI=1S/C10H16N2O2/c1-2-8-9(5-11)14-10(12-8)7-3-4-13-6-7/h7H,2-6,11H2,1H3. The van der Waals surface area contributed by atoms with Crippen LogP contribution in [0.4, 0.5) is 0 Å². The van der Waals surface area contributed by atoms with Crippen LogP contribution in [0.2, 0.25) is 0 Å². The summed E-state index contributed by atoms with van der Waals surface area (Å²) in [7, 11) is 0. The van der Waals surface area contributed by atoms with E-state index in [1.165, 1.54) is 0 Å². The summed E-state index contributed by atoms with van der Waals surface area (Å²) in [6.07, 6.45) is 1.89. The summed E-state index contributed by atoms with van der Waals surface area (Å²) in [5.41, 5.74) is 6.57. The van der Waals surface area contributed by atoms with E-state index in [1.807, 2.05) is 0 Å². The zero-order valence-corrected chi connectivity index (χ0v) is 8.45. The molecular weight excluding hydrogens is 180 g/mol. The number of rotatable bonds is 3. The van der Waals surface area contributed by atoms with Crippen molar-refractivity contribution in [3.05, 3.63) is 17.3 Å². The highest BCUT2D eigenvalue weighted by molar-refractivity contribution is 5.12. The third kappa shape index (κ3) is 1.67. The fourth-order valence-corrected chi connectivity index (χ4v) is 1.74. The summed E-state index contributed by atoms with van der Waals surface area (Å²) in [5.74, 6) is 1.97. The van der Waals surface area contributed by atoms with E-state index >= 15 is 0 Å². The second kappa shape index (κ2) is 4.11. The first-order chi connectivity index (χ1) is 6.85. The van der Waals surface area contributed by atoms with Crippen molar-refractivity contribution in [2.75, 3.05) is 13.2 Å². The molecule has 1 aliphatic heterocycles. The largest absolute Gasteiger partial charge is 0.444 e. The smallest absolute Gasteiger partial charge is 0.200 e. The number of hydrogen-bond donors (Lipinski definition) is 1. The SMILES string of the molecule is CCc1nc(C2CCOC2)oc1CN. The highest BCUT2D eigenvalue weighted by atomic mass is 16.5. The minimum Gasteiger partial charge on any atom is -0.444 e. The zero-order chi connectivity index (χ0) is 9.97. The molecule has 0 aliphatic carbocycles. The van der Waals surface area contributed by atoms with Gasteiger partial charge in [0.1, 0.15) is 5.76 Å². The van der Waals surface area contributed by atoms with E-state index in [0.29, 0.717) is 12.5 Å². The van der Waals surface area contributed by atoms with E-state index in [4.69, 9.17) is 14.9 Å². The summed E-state index contributed by atoms with van der Waals surface area (Å²) >= 11 is 0. The topological polar surface area (TPSA) is 61.3 Å². The van der Waals surface area contributed by atoms with E-state index < -0.39 is 0 Å². The van der Waals surface area contributed by atoms with E-state index in [2.05, 4.69) is 11.9 Å². The number of aryl methyl sites for hydroxylation is 1. The Morgan fingerprint density at radius 3 is 2.93 bits per heavy atom. The van der Waals surface area contributed by atoms with Gasteiger partial charge in [0.2, 0.25) is 0 Å². The minimum atomic E-state index is 0.334. The van der Waals surface area contributed by atoms with Crippen LogP contribution in [0.25, 0.3) is 0 Å². The van der Waals surface area contributed by atoms with Crippen molar-refractivity contribution in [3.8, 4) is 0 Å². The molecular formula is C10H16N2O2. The Bertz CT molecular complexity index is 282. The lowest BCUT2D eigenvalue weighted by molar-refractivity contribution is 0.190. The molecule has 14 heavy (non-hydrogen) atoms. The van der Waals surface area contributed by atoms with Gasteiger partial charge in [0.25, 0.3) is 0 Å². The van der Waals surface area contributed by atoms with E-state index in [0.717, 1.165) is 43.4 Å². The lowest BCUT2D eigenvalue weighted by Crippen LogP contribution is -1.97. The zero-order valence-electron chi connectivity index (χ0n) is 8.45. The molecule has 1 aromatic rings. The third-order valence-corrected chi connectivity index (χ3v) is 2.59. The summed E-state index contributed by atoms with van der Waals surface area (Å²) in [6.45, 7) is 4.04. The van der Waals surface area contributed by atoms with Crippen LogP contribution >= 0.6 is 0 Å². The molecule has 0 spiro atoms. The van der Waals surface area contributed by atoms with E-state index in [-0.39, 0.29) is 0 Å². The predicted molar refractivity (Wildman–Crippen MR) is 51.9 cm³/mol. The molecule has 4 heteroatoms. The van der Waals surface area contributed by atoms with Gasteiger partial charge in [-0.1, -0.05) is 6.92 Å². The molecule has 4 nitrogen and oxygen atoms in total. The molecule has 1 fully saturated rings. The molecule has 0 radical (unpaired) electrons.